The molecule has 0 aliphatic carbocycles. The maximum Gasteiger partial charge on any atom is 0.494 e. The van der Waals surface area contributed by atoms with E-state index < -0.39 is 12.7 Å². The predicted octanol–water partition coefficient (Wildman–Crippen LogP) is 5.26. The van der Waals surface area contributed by atoms with Gasteiger partial charge in [0.25, 0.3) is 11.8 Å². The fourth-order valence-corrected chi connectivity index (χ4v) is 5.94. The van der Waals surface area contributed by atoms with Gasteiger partial charge in [-0.1, -0.05) is 63.6 Å². The molecule has 3 aromatic rings. The van der Waals surface area contributed by atoms with Crippen LogP contribution in [-0.4, -0.2) is 79.7 Å². The van der Waals surface area contributed by atoms with Crippen LogP contribution in [0.4, 0.5) is 5.69 Å². The molecule has 0 aromatic heterocycles. The van der Waals surface area contributed by atoms with Crippen molar-refractivity contribution in [1.82, 2.24) is 9.80 Å². The second-order valence-corrected chi connectivity index (χ2v) is 14.0. The number of amides is 2. The Morgan fingerprint density at radius 2 is 1.70 bits per heavy atom. The minimum absolute atomic E-state index is 0.0137. The van der Waals surface area contributed by atoms with Gasteiger partial charge < -0.3 is 19.4 Å². The maximum atomic E-state index is 13.8. The minimum Gasteiger partial charge on any atom is -0.459 e. The molecular weight excluding hydrogens is 581 g/mol. The van der Waals surface area contributed by atoms with E-state index in [1.165, 1.54) is 4.90 Å². The van der Waals surface area contributed by atoms with Crippen LogP contribution in [0.1, 0.15) is 80.7 Å². The zero-order chi connectivity index (χ0) is 33.1. The zero-order valence-corrected chi connectivity index (χ0v) is 28.0. The number of nitrogens with one attached hydrogen (secondary N) is 1. The molecule has 0 bridgehead atoms. The van der Waals surface area contributed by atoms with E-state index in [0.29, 0.717) is 36.3 Å². The molecule has 0 atom stereocenters. The lowest BCUT2D eigenvalue weighted by Gasteiger charge is -2.34. The Balaban J connectivity index is 1.37. The predicted molar refractivity (Wildman–Crippen MR) is 181 cm³/mol. The Bertz CT molecular complexity index is 1570. The van der Waals surface area contributed by atoms with E-state index in [2.05, 4.69) is 26.1 Å². The number of imide groups is 1. The van der Waals surface area contributed by atoms with Crippen LogP contribution < -0.4 is 10.8 Å². The first-order valence-corrected chi connectivity index (χ1v) is 16.3. The van der Waals surface area contributed by atoms with Gasteiger partial charge in [0.1, 0.15) is 5.60 Å². The molecular formula is C36H46BN3O6. The number of carbonyl (C=O) groups excluding carboxylic acids is 3. The molecule has 10 heteroatoms. The Labute approximate surface area is 272 Å². The van der Waals surface area contributed by atoms with Crippen LogP contribution in [0.3, 0.4) is 0 Å². The first-order chi connectivity index (χ1) is 21.9. The van der Waals surface area contributed by atoms with Gasteiger partial charge in [-0.2, -0.15) is 0 Å². The molecule has 1 saturated heterocycles. The maximum absolute atomic E-state index is 13.8. The van der Waals surface area contributed by atoms with Crippen LogP contribution in [0.2, 0.25) is 0 Å². The van der Waals surface area contributed by atoms with Crippen molar-refractivity contribution in [3.63, 3.8) is 0 Å². The summed E-state index contributed by atoms with van der Waals surface area (Å²) in [6, 6.07) is 17.2. The third-order valence-corrected chi connectivity index (χ3v) is 8.20. The van der Waals surface area contributed by atoms with Crippen LogP contribution in [0.5, 0.6) is 0 Å². The summed E-state index contributed by atoms with van der Waals surface area (Å²) in [5.41, 5.74) is 3.03. The van der Waals surface area contributed by atoms with Gasteiger partial charge in [0.2, 0.25) is 0 Å². The molecule has 1 N–H and O–H groups in total. The number of benzene rings is 3. The topological polar surface area (TPSA) is 97.4 Å². The Morgan fingerprint density at radius 3 is 2.39 bits per heavy atom. The van der Waals surface area contributed by atoms with Crippen molar-refractivity contribution in [2.75, 3.05) is 44.7 Å². The number of nitrogens with zero attached hydrogens (tertiary/aromatic N) is 2. The highest BCUT2D eigenvalue weighted by Crippen LogP contribution is 2.34. The van der Waals surface area contributed by atoms with Gasteiger partial charge in [-0.3, -0.25) is 24.2 Å². The van der Waals surface area contributed by atoms with Gasteiger partial charge in [-0.25, -0.2) is 0 Å². The number of hydrogen-bond acceptors (Lipinski definition) is 8. The van der Waals surface area contributed by atoms with Crippen LogP contribution in [0.25, 0.3) is 10.8 Å². The Hall–Kier alpha value is -3.73. The smallest absolute Gasteiger partial charge is 0.459 e. The number of carbonyl (C=O) groups is 3. The normalized spacial score (nSPS) is 16.3. The van der Waals surface area contributed by atoms with Gasteiger partial charge in [0, 0.05) is 72.4 Å². The Morgan fingerprint density at radius 1 is 1.00 bits per heavy atom. The summed E-state index contributed by atoms with van der Waals surface area (Å²) in [4.78, 5) is 43.9. The molecule has 0 saturated carbocycles. The first-order valence-electron chi connectivity index (χ1n) is 16.3. The monoisotopic (exact) mass is 627 g/mol. The molecule has 0 unspecified atom stereocenters. The highest BCUT2D eigenvalue weighted by Gasteiger charge is 2.36. The second kappa shape index (κ2) is 14.0. The highest BCUT2D eigenvalue weighted by atomic mass is 16.6. The number of esters is 1. The summed E-state index contributed by atoms with van der Waals surface area (Å²) in [5, 5.41) is 5.01. The molecule has 2 heterocycles. The summed E-state index contributed by atoms with van der Waals surface area (Å²) in [6.45, 7) is 14.5. The summed E-state index contributed by atoms with van der Waals surface area (Å²) in [5.74, 6) is -1.05. The Kier molecular flexibility index (Phi) is 10.2. The minimum atomic E-state index is -0.650. The molecule has 0 spiro atoms. The van der Waals surface area contributed by atoms with Crippen molar-refractivity contribution in [1.29, 1.82) is 0 Å². The summed E-state index contributed by atoms with van der Waals surface area (Å²) >= 11 is 0. The molecule has 2 aliphatic heterocycles. The SMILES string of the molecule is CCCCNc1ccc2c3c(cccc13)C(=O)N(CCN(CC(=O)OC(C)(C)C)Cc1ccccc1B1OCC(C)(C)CO1)C2=O. The third-order valence-electron chi connectivity index (χ3n) is 8.20. The third kappa shape index (κ3) is 7.79. The molecule has 46 heavy (non-hydrogen) atoms. The van der Waals surface area contributed by atoms with Crippen LogP contribution in [0.15, 0.2) is 54.6 Å². The standard InChI is InChI=1S/C36H46BN3O6/c1-7-8-18-38-30-17-16-28-32-26(30)13-11-14-27(32)33(42)40(34(28)43)20-19-39(22-31(41)46-35(2,3)4)21-25-12-9-10-15-29(25)37-44-23-36(5,6)24-45-37/h9-17,38H,7-8,18-24H2,1-6H3. The van der Waals surface area contributed by atoms with E-state index >= 15 is 0 Å². The quantitative estimate of drug-likeness (QED) is 0.126. The average Bonchev–Trinajstić information content (AvgIpc) is 2.99. The molecule has 0 radical (unpaired) electrons. The number of unbranched alkanes of at least 4 members (excludes halogenated alkanes) is 1. The molecule has 2 aliphatic rings. The van der Waals surface area contributed by atoms with E-state index in [1.807, 2.05) is 74.2 Å². The lowest BCUT2D eigenvalue weighted by Crippen LogP contribution is -2.49. The molecule has 9 nitrogen and oxygen atoms in total. The average molecular weight is 628 g/mol. The largest absolute Gasteiger partial charge is 0.494 e. The zero-order valence-electron chi connectivity index (χ0n) is 28.0. The van der Waals surface area contributed by atoms with Gasteiger partial charge in [-0.05, 0) is 56.4 Å². The molecule has 3 aromatic carbocycles. The van der Waals surface area contributed by atoms with Crippen molar-refractivity contribution in [2.45, 2.75) is 66.5 Å². The summed E-state index contributed by atoms with van der Waals surface area (Å²) in [6.07, 6.45) is 2.09. The van der Waals surface area contributed by atoms with Crippen molar-refractivity contribution >= 4 is 46.8 Å². The van der Waals surface area contributed by atoms with E-state index in [9.17, 15) is 14.4 Å². The van der Waals surface area contributed by atoms with Gasteiger partial charge in [-0.15, -0.1) is 0 Å². The highest BCUT2D eigenvalue weighted by molar-refractivity contribution is 6.62. The van der Waals surface area contributed by atoms with Gasteiger partial charge in [0.15, 0.2) is 0 Å². The lowest BCUT2D eigenvalue weighted by atomic mass is 9.73. The summed E-state index contributed by atoms with van der Waals surface area (Å²) < 4.78 is 17.8. The second-order valence-electron chi connectivity index (χ2n) is 14.0. The molecule has 5 rings (SSSR count). The number of anilines is 1. The van der Waals surface area contributed by atoms with Crippen molar-refractivity contribution < 1.29 is 28.4 Å². The van der Waals surface area contributed by atoms with E-state index in [0.717, 1.165) is 41.5 Å². The van der Waals surface area contributed by atoms with E-state index in [-0.39, 0.29) is 42.8 Å². The fraction of sp³-hybridized carbons (Fsp3) is 0.472. The van der Waals surface area contributed by atoms with Crippen molar-refractivity contribution in [3.8, 4) is 0 Å². The van der Waals surface area contributed by atoms with E-state index in [1.54, 1.807) is 6.07 Å². The lowest BCUT2D eigenvalue weighted by molar-refractivity contribution is -0.156. The van der Waals surface area contributed by atoms with Crippen LogP contribution >= 0.6 is 0 Å². The first kappa shape index (κ1) is 33.6. The van der Waals surface area contributed by atoms with Crippen molar-refractivity contribution in [2.24, 2.45) is 5.41 Å². The van der Waals surface area contributed by atoms with Crippen molar-refractivity contribution in [3.05, 3.63) is 71.3 Å². The van der Waals surface area contributed by atoms with E-state index in [4.69, 9.17) is 14.0 Å². The molecule has 244 valence electrons. The summed E-state index contributed by atoms with van der Waals surface area (Å²) in [7, 11) is -0.517. The van der Waals surface area contributed by atoms with Gasteiger partial charge in [0.05, 0.1) is 6.54 Å². The van der Waals surface area contributed by atoms with Gasteiger partial charge >= 0.3 is 13.1 Å². The number of hydrogen-bond donors (Lipinski definition) is 1. The number of ether oxygens (including phenoxy) is 1. The molecule has 2 amide bonds. The molecule has 1 fully saturated rings. The van der Waals surface area contributed by atoms with Crippen LogP contribution in [-0.2, 0) is 25.4 Å². The fourth-order valence-electron chi connectivity index (χ4n) is 5.94. The van der Waals surface area contributed by atoms with Crippen LogP contribution in [0, 0.1) is 5.41 Å². The number of rotatable bonds is 12.